The summed E-state index contributed by atoms with van der Waals surface area (Å²) in [5.41, 5.74) is 5.95. The first-order chi connectivity index (χ1) is 12.7. The van der Waals surface area contributed by atoms with E-state index in [0.29, 0.717) is 21.5 Å². The molecule has 4 N–H and O–H groups in total. The van der Waals surface area contributed by atoms with E-state index in [2.05, 4.69) is 9.82 Å². The highest BCUT2D eigenvalue weighted by atomic mass is 35.5. The third kappa shape index (κ3) is 3.83. The monoisotopic (exact) mass is 408 g/mol. The lowest BCUT2D eigenvalue weighted by molar-refractivity contribution is -0.118. The van der Waals surface area contributed by atoms with E-state index < -0.39 is 21.5 Å². The number of aryl methyl sites for hydroxylation is 1. The summed E-state index contributed by atoms with van der Waals surface area (Å²) in [5, 5.41) is 3.24. The highest BCUT2D eigenvalue weighted by Gasteiger charge is 2.19. The molecule has 10 heteroatoms. The highest BCUT2D eigenvalue weighted by molar-refractivity contribution is 7.92. The Kier molecular flexibility index (Phi) is 4.99. The summed E-state index contributed by atoms with van der Waals surface area (Å²) in [7, 11) is -3.88. The smallest absolute Gasteiger partial charge is 0.272 e. The molecule has 0 fully saturated rings. The van der Waals surface area contributed by atoms with Crippen molar-refractivity contribution in [2.75, 3.05) is 4.72 Å². The maximum atomic E-state index is 12.7. The number of benzene rings is 2. The predicted octanol–water partition coefficient (Wildman–Crippen LogP) is 1.97. The van der Waals surface area contributed by atoms with Crippen LogP contribution in [0.4, 0.5) is 5.69 Å². The van der Waals surface area contributed by atoms with Crippen molar-refractivity contribution in [2.45, 2.75) is 24.8 Å². The summed E-state index contributed by atoms with van der Waals surface area (Å²) in [4.78, 5) is 23.1. The molecule has 0 spiro atoms. The lowest BCUT2D eigenvalue weighted by atomic mass is 10.2. The second-order valence-electron chi connectivity index (χ2n) is 6.01. The number of nitrogens with two attached hydrogens (primary N) is 1. The maximum absolute atomic E-state index is 12.7. The minimum absolute atomic E-state index is 0.0584. The summed E-state index contributed by atoms with van der Waals surface area (Å²) in [6.45, 7) is 1.84. The van der Waals surface area contributed by atoms with Crippen molar-refractivity contribution in [2.24, 2.45) is 5.73 Å². The molecule has 1 heterocycles. The highest BCUT2D eigenvalue weighted by Crippen LogP contribution is 2.25. The predicted molar refractivity (Wildman–Crippen MR) is 103 cm³/mol. The Hall–Kier alpha value is -2.78. The number of hydrogen-bond donors (Lipinski definition) is 3. The molecule has 0 aliphatic carbocycles. The Bertz CT molecular complexity index is 1200. The third-order valence-electron chi connectivity index (χ3n) is 4.11. The van der Waals surface area contributed by atoms with E-state index in [4.69, 9.17) is 17.3 Å². The van der Waals surface area contributed by atoms with Gasteiger partial charge in [-0.15, -0.1) is 0 Å². The number of carbonyl (C=O) groups is 1. The van der Waals surface area contributed by atoms with Gasteiger partial charge in [-0.25, -0.2) is 8.42 Å². The molecule has 0 atom stereocenters. The first-order valence-corrected chi connectivity index (χ1v) is 9.84. The Morgan fingerprint density at radius 1 is 1.30 bits per heavy atom. The van der Waals surface area contributed by atoms with Gasteiger partial charge in [-0.2, -0.15) is 0 Å². The van der Waals surface area contributed by atoms with Crippen molar-refractivity contribution < 1.29 is 13.2 Å². The van der Waals surface area contributed by atoms with E-state index >= 15 is 0 Å². The molecule has 0 unspecified atom stereocenters. The molecule has 27 heavy (non-hydrogen) atoms. The fourth-order valence-electron chi connectivity index (χ4n) is 2.75. The van der Waals surface area contributed by atoms with Crippen LogP contribution in [0, 0.1) is 6.92 Å². The lowest BCUT2D eigenvalue weighted by Gasteiger charge is -2.11. The summed E-state index contributed by atoms with van der Waals surface area (Å²) < 4.78 is 29.3. The summed E-state index contributed by atoms with van der Waals surface area (Å²) >= 11 is 6.00. The number of aromatic nitrogens is 2. The van der Waals surface area contributed by atoms with Gasteiger partial charge < -0.3 is 5.73 Å². The van der Waals surface area contributed by atoms with E-state index in [-0.39, 0.29) is 23.5 Å². The number of nitrogens with zero attached hydrogens (tertiary/aromatic N) is 1. The summed E-state index contributed by atoms with van der Waals surface area (Å²) in [6, 6.07) is 9.18. The number of rotatable bonds is 6. The molecule has 2 aromatic carbocycles. The molecule has 1 aromatic heterocycles. The SMILES string of the molecule is Cc1c(Cl)cccc1S(=O)(=O)Nc1ccc2c(c1)c(=O)[nH]n2CCC(N)=O. The molecule has 0 aliphatic rings. The normalized spacial score (nSPS) is 11.6. The molecular weight excluding hydrogens is 392 g/mol. The van der Waals surface area contributed by atoms with Gasteiger partial charge in [0.1, 0.15) is 0 Å². The number of primary amides is 1. The summed E-state index contributed by atoms with van der Waals surface area (Å²) in [6.07, 6.45) is 0.0716. The van der Waals surface area contributed by atoms with Crippen LogP contribution in [0.2, 0.25) is 5.02 Å². The van der Waals surface area contributed by atoms with Gasteiger partial charge in [-0.1, -0.05) is 17.7 Å². The maximum Gasteiger partial charge on any atom is 0.272 e. The topological polar surface area (TPSA) is 127 Å². The molecule has 1 amide bonds. The number of halogens is 1. The van der Waals surface area contributed by atoms with Crippen LogP contribution in [0.3, 0.4) is 0 Å². The molecule has 0 saturated heterocycles. The van der Waals surface area contributed by atoms with Crippen LogP contribution < -0.4 is 16.0 Å². The van der Waals surface area contributed by atoms with E-state index in [0.717, 1.165) is 0 Å². The average molecular weight is 409 g/mol. The fraction of sp³-hybridized carbons (Fsp3) is 0.176. The van der Waals surface area contributed by atoms with Gasteiger partial charge in [0.2, 0.25) is 5.91 Å². The van der Waals surface area contributed by atoms with Gasteiger partial charge in [-0.3, -0.25) is 24.1 Å². The van der Waals surface area contributed by atoms with Crippen LogP contribution in [0.1, 0.15) is 12.0 Å². The lowest BCUT2D eigenvalue weighted by Crippen LogP contribution is -2.15. The van der Waals surface area contributed by atoms with Gasteiger partial charge in [0, 0.05) is 23.7 Å². The number of nitrogens with one attached hydrogen (secondary N) is 2. The van der Waals surface area contributed by atoms with Gasteiger partial charge in [-0.05, 0) is 42.8 Å². The van der Waals surface area contributed by atoms with Crippen LogP contribution in [0.5, 0.6) is 0 Å². The van der Waals surface area contributed by atoms with Crippen LogP contribution >= 0.6 is 11.6 Å². The number of sulfonamides is 1. The van der Waals surface area contributed by atoms with Crippen LogP contribution in [0.25, 0.3) is 10.9 Å². The Morgan fingerprint density at radius 3 is 2.74 bits per heavy atom. The van der Waals surface area contributed by atoms with Gasteiger partial charge in [0.05, 0.1) is 15.8 Å². The minimum atomic E-state index is -3.88. The number of fused-ring (bicyclic) bond motifs is 1. The van der Waals surface area contributed by atoms with E-state index in [1.165, 1.54) is 22.9 Å². The average Bonchev–Trinajstić information content (AvgIpc) is 2.90. The van der Waals surface area contributed by atoms with Crippen LogP contribution in [-0.4, -0.2) is 24.1 Å². The number of anilines is 1. The van der Waals surface area contributed by atoms with Crippen molar-refractivity contribution in [1.82, 2.24) is 9.78 Å². The minimum Gasteiger partial charge on any atom is -0.370 e. The fourth-order valence-corrected chi connectivity index (χ4v) is 4.30. The molecule has 8 nitrogen and oxygen atoms in total. The largest absolute Gasteiger partial charge is 0.370 e. The third-order valence-corrected chi connectivity index (χ3v) is 6.05. The van der Waals surface area contributed by atoms with Crippen molar-refractivity contribution in [3.63, 3.8) is 0 Å². The number of carbonyl (C=O) groups excluding carboxylic acids is 1. The van der Waals surface area contributed by atoms with Crippen LogP contribution in [-0.2, 0) is 21.4 Å². The zero-order chi connectivity index (χ0) is 19.8. The first kappa shape index (κ1) is 19.0. The van der Waals surface area contributed by atoms with E-state index in [9.17, 15) is 18.0 Å². The van der Waals surface area contributed by atoms with Gasteiger partial charge in [0.25, 0.3) is 15.6 Å². The molecule has 142 valence electrons. The Morgan fingerprint density at radius 2 is 2.04 bits per heavy atom. The van der Waals surface area contributed by atoms with Gasteiger partial charge in [0.15, 0.2) is 0 Å². The second kappa shape index (κ2) is 7.09. The number of aromatic amines is 1. The molecular formula is C17H17ClN4O4S. The summed E-state index contributed by atoms with van der Waals surface area (Å²) in [5.74, 6) is -0.487. The van der Waals surface area contributed by atoms with Crippen LogP contribution in [0.15, 0.2) is 46.1 Å². The number of hydrogen-bond acceptors (Lipinski definition) is 4. The standard InChI is InChI=1S/C17H17ClN4O4S/c1-10-13(18)3-2-4-15(10)27(25,26)21-11-5-6-14-12(9-11)17(24)20-22(14)8-7-16(19)23/h2-6,9,21H,7-8H2,1H3,(H2,19,23)(H,20,24). The molecule has 0 bridgehead atoms. The Balaban J connectivity index is 1.96. The zero-order valence-electron chi connectivity index (χ0n) is 14.3. The molecule has 3 rings (SSSR count). The molecule has 0 radical (unpaired) electrons. The van der Waals surface area contributed by atoms with Crippen molar-refractivity contribution >= 4 is 44.1 Å². The van der Waals surface area contributed by atoms with Crippen molar-refractivity contribution in [3.8, 4) is 0 Å². The zero-order valence-corrected chi connectivity index (χ0v) is 15.9. The van der Waals surface area contributed by atoms with Crippen molar-refractivity contribution in [1.29, 1.82) is 0 Å². The quantitative estimate of drug-likeness (QED) is 0.576. The van der Waals surface area contributed by atoms with Gasteiger partial charge >= 0.3 is 0 Å². The molecule has 0 aliphatic heterocycles. The molecule has 3 aromatic rings. The Labute approximate surface area is 160 Å². The van der Waals surface area contributed by atoms with Crippen molar-refractivity contribution in [3.05, 3.63) is 57.3 Å². The number of amides is 1. The second-order valence-corrected chi connectivity index (χ2v) is 8.07. The van der Waals surface area contributed by atoms with E-state index in [1.807, 2.05) is 0 Å². The first-order valence-electron chi connectivity index (χ1n) is 7.98. The number of H-pyrrole nitrogens is 1. The van der Waals surface area contributed by atoms with E-state index in [1.54, 1.807) is 25.1 Å². The molecule has 0 saturated carbocycles.